The van der Waals surface area contributed by atoms with Crippen molar-refractivity contribution >= 4 is 27.9 Å². The van der Waals surface area contributed by atoms with Gasteiger partial charge in [0.05, 0.1) is 17.9 Å². The van der Waals surface area contributed by atoms with Crippen LogP contribution < -0.4 is 9.62 Å². The summed E-state index contributed by atoms with van der Waals surface area (Å²) < 4.78 is 84.4. The maximum absolute atomic E-state index is 14.4. The zero-order chi connectivity index (χ0) is 27.5. The maximum Gasteiger partial charge on any atom is 0.415 e. The number of aryl methyl sites for hydroxylation is 1. The number of ether oxygens (including phenoxy) is 1. The Hall–Kier alpha value is -2.99. The van der Waals surface area contributed by atoms with Crippen LogP contribution in [0.4, 0.5) is 28.0 Å². The number of rotatable bonds is 8. The summed E-state index contributed by atoms with van der Waals surface area (Å²) in [6.07, 6.45) is -2.90. The monoisotopic (exact) mass is 531 g/mol. The molecule has 1 N–H and O–H groups in total. The molecule has 1 aromatic heterocycles. The molecule has 1 heterocycles. The fraction of sp³-hybridized carbons (Fsp3) is 0.417. The van der Waals surface area contributed by atoms with Crippen molar-refractivity contribution in [1.82, 2.24) is 9.71 Å². The Morgan fingerprint density at radius 1 is 1.25 bits per heavy atom. The van der Waals surface area contributed by atoms with Crippen molar-refractivity contribution in [1.29, 1.82) is 0 Å². The lowest BCUT2D eigenvalue weighted by Gasteiger charge is -2.29. The van der Waals surface area contributed by atoms with E-state index < -0.39 is 44.6 Å². The van der Waals surface area contributed by atoms with Crippen molar-refractivity contribution in [3.05, 3.63) is 59.7 Å². The molecule has 2 aromatic rings. The molecule has 0 radical (unpaired) electrons. The van der Waals surface area contributed by atoms with Gasteiger partial charge in [-0.05, 0) is 63.9 Å². The summed E-state index contributed by atoms with van der Waals surface area (Å²) in [5, 5.41) is 0. The quantitative estimate of drug-likeness (QED) is 0.448. The molecule has 198 valence electrons. The van der Waals surface area contributed by atoms with E-state index in [1.807, 2.05) is 0 Å². The zero-order valence-corrected chi connectivity index (χ0v) is 21.4. The zero-order valence-electron chi connectivity index (χ0n) is 20.6. The van der Waals surface area contributed by atoms with E-state index in [2.05, 4.69) is 11.6 Å². The molecule has 0 unspecified atom stereocenters. The van der Waals surface area contributed by atoms with Crippen LogP contribution in [0, 0.1) is 5.82 Å². The Morgan fingerprint density at radius 2 is 1.89 bits per heavy atom. The SMILES string of the molecule is C=Cc1cc(F)c(CC)cc1N(Cc1ccc(S(=O)(=O)N[C@@H](C)C(F)(F)F)cn1)C(=O)OC(C)(C)C. The van der Waals surface area contributed by atoms with E-state index in [-0.39, 0.29) is 12.2 Å². The van der Waals surface area contributed by atoms with E-state index in [1.165, 1.54) is 29.2 Å². The van der Waals surface area contributed by atoms with Crippen LogP contribution in [0.1, 0.15) is 51.4 Å². The molecule has 1 atom stereocenters. The van der Waals surface area contributed by atoms with Crippen molar-refractivity contribution < 1.29 is 35.5 Å². The second-order valence-electron chi connectivity index (χ2n) is 9.00. The van der Waals surface area contributed by atoms with Crippen LogP contribution in [-0.2, 0) is 27.7 Å². The second kappa shape index (κ2) is 11.0. The molecular weight excluding hydrogens is 502 g/mol. The number of alkyl halides is 3. The van der Waals surface area contributed by atoms with Crippen molar-refractivity contribution in [2.24, 2.45) is 0 Å². The van der Waals surface area contributed by atoms with Gasteiger partial charge in [-0.25, -0.2) is 17.6 Å². The first kappa shape index (κ1) is 29.2. The molecule has 0 aliphatic heterocycles. The van der Waals surface area contributed by atoms with Crippen molar-refractivity contribution in [3.63, 3.8) is 0 Å². The van der Waals surface area contributed by atoms with Gasteiger partial charge in [0.1, 0.15) is 22.4 Å². The average Bonchev–Trinajstić information content (AvgIpc) is 2.75. The van der Waals surface area contributed by atoms with E-state index >= 15 is 0 Å². The van der Waals surface area contributed by atoms with Gasteiger partial charge < -0.3 is 4.74 Å². The van der Waals surface area contributed by atoms with Crippen LogP contribution >= 0.6 is 0 Å². The summed E-state index contributed by atoms with van der Waals surface area (Å²) in [7, 11) is -4.50. The predicted molar refractivity (Wildman–Crippen MR) is 128 cm³/mol. The Morgan fingerprint density at radius 3 is 2.36 bits per heavy atom. The lowest BCUT2D eigenvalue weighted by Crippen LogP contribution is -2.43. The highest BCUT2D eigenvalue weighted by atomic mass is 32.2. The van der Waals surface area contributed by atoms with Crippen LogP contribution in [-0.4, -0.2) is 37.3 Å². The van der Waals surface area contributed by atoms with Gasteiger partial charge in [0.2, 0.25) is 10.0 Å². The standard InChI is InChI=1S/C24H29F4N3O4S/c1-7-16-12-21(17(8-2)11-20(16)25)31(22(32)35-23(4,5)6)14-18-9-10-19(13-29-18)36(33,34)30-15(3)24(26,27)28/h8-13,15,30H,2,7,14H2,1,3-6H3/t15-/m0/s1. The Labute approximate surface area is 208 Å². The van der Waals surface area contributed by atoms with Gasteiger partial charge in [-0.2, -0.15) is 17.9 Å². The number of benzene rings is 1. The summed E-state index contributed by atoms with van der Waals surface area (Å²) in [5.74, 6) is -0.464. The average molecular weight is 532 g/mol. The number of carbonyl (C=O) groups excluding carboxylic acids is 1. The number of aromatic nitrogens is 1. The van der Waals surface area contributed by atoms with E-state index in [4.69, 9.17) is 4.74 Å². The van der Waals surface area contributed by atoms with Crippen LogP contribution in [0.2, 0.25) is 0 Å². The van der Waals surface area contributed by atoms with Crippen LogP contribution in [0.15, 0.2) is 41.9 Å². The largest absolute Gasteiger partial charge is 0.443 e. The minimum atomic E-state index is -4.76. The minimum Gasteiger partial charge on any atom is -0.443 e. The van der Waals surface area contributed by atoms with Gasteiger partial charge in [0.25, 0.3) is 0 Å². The molecule has 0 saturated heterocycles. The van der Waals surface area contributed by atoms with Crippen LogP contribution in [0.3, 0.4) is 0 Å². The molecule has 0 bridgehead atoms. The molecule has 1 amide bonds. The number of anilines is 1. The number of nitrogens with zero attached hydrogens (tertiary/aromatic N) is 2. The van der Waals surface area contributed by atoms with Gasteiger partial charge >= 0.3 is 12.3 Å². The molecule has 0 aliphatic rings. The number of hydrogen-bond donors (Lipinski definition) is 1. The number of sulfonamides is 1. The van der Waals surface area contributed by atoms with Crippen molar-refractivity contribution in [3.8, 4) is 0 Å². The topological polar surface area (TPSA) is 88.6 Å². The first-order chi connectivity index (χ1) is 16.5. The molecule has 7 nitrogen and oxygen atoms in total. The highest BCUT2D eigenvalue weighted by Crippen LogP contribution is 2.29. The summed E-state index contributed by atoms with van der Waals surface area (Å²) in [4.78, 5) is 17.8. The molecular formula is C24H29F4N3O4S. The van der Waals surface area contributed by atoms with Gasteiger partial charge in [-0.3, -0.25) is 9.88 Å². The number of nitrogens with one attached hydrogen (secondary N) is 1. The molecule has 1 aromatic carbocycles. The number of amides is 1. The van der Waals surface area contributed by atoms with Gasteiger partial charge in [0, 0.05) is 11.8 Å². The van der Waals surface area contributed by atoms with Gasteiger partial charge in [-0.1, -0.05) is 19.6 Å². The first-order valence-electron chi connectivity index (χ1n) is 11.0. The molecule has 0 fully saturated rings. The molecule has 0 saturated carbocycles. The summed E-state index contributed by atoms with van der Waals surface area (Å²) in [6.45, 7) is 10.9. The fourth-order valence-electron chi connectivity index (χ4n) is 3.05. The lowest BCUT2D eigenvalue weighted by molar-refractivity contribution is -0.147. The third-order valence-electron chi connectivity index (χ3n) is 4.95. The van der Waals surface area contributed by atoms with Crippen molar-refractivity contribution in [2.75, 3.05) is 4.90 Å². The minimum absolute atomic E-state index is 0.197. The van der Waals surface area contributed by atoms with Crippen LogP contribution in [0.25, 0.3) is 6.08 Å². The molecule has 12 heteroatoms. The highest BCUT2D eigenvalue weighted by molar-refractivity contribution is 7.89. The number of hydrogen-bond acceptors (Lipinski definition) is 5. The van der Waals surface area contributed by atoms with E-state index in [9.17, 15) is 30.8 Å². The van der Waals surface area contributed by atoms with E-state index in [0.717, 1.165) is 12.3 Å². The fourth-order valence-corrected chi connectivity index (χ4v) is 4.22. The smallest absolute Gasteiger partial charge is 0.415 e. The second-order valence-corrected chi connectivity index (χ2v) is 10.7. The maximum atomic E-state index is 14.4. The Kier molecular flexibility index (Phi) is 8.90. The Bertz CT molecular complexity index is 1210. The number of halogens is 4. The van der Waals surface area contributed by atoms with E-state index in [0.29, 0.717) is 30.2 Å². The van der Waals surface area contributed by atoms with Crippen molar-refractivity contribution in [2.45, 2.75) is 70.3 Å². The lowest BCUT2D eigenvalue weighted by atomic mass is 10.0. The first-order valence-corrected chi connectivity index (χ1v) is 12.5. The van der Waals surface area contributed by atoms with Gasteiger partial charge in [0.15, 0.2) is 0 Å². The third-order valence-corrected chi connectivity index (χ3v) is 6.48. The Balaban J connectivity index is 2.45. The summed E-state index contributed by atoms with van der Waals surface area (Å²) >= 11 is 0. The van der Waals surface area contributed by atoms with Gasteiger partial charge in [-0.15, -0.1) is 0 Å². The number of carbonyl (C=O) groups is 1. The van der Waals surface area contributed by atoms with E-state index in [1.54, 1.807) is 32.4 Å². The normalized spacial score (nSPS) is 13.2. The van der Waals surface area contributed by atoms with Crippen LogP contribution in [0.5, 0.6) is 0 Å². The molecule has 0 aliphatic carbocycles. The third kappa shape index (κ3) is 7.50. The molecule has 0 spiro atoms. The summed E-state index contributed by atoms with van der Waals surface area (Å²) in [5.41, 5.74) is 0.324. The summed E-state index contributed by atoms with van der Waals surface area (Å²) in [6, 6.07) is 2.79. The predicted octanol–water partition coefficient (Wildman–Crippen LogP) is 5.60. The number of pyridine rings is 1. The highest BCUT2D eigenvalue weighted by Gasteiger charge is 2.39. The molecule has 2 rings (SSSR count). The molecule has 36 heavy (non-hydrogen) atoms.